The smallest absolute Gasteiger partial charge is 0.327 e. The Kier molecular flexibility index (Phi) is 4.38. The molecule has 0 saturated carbocycles. The Morgan fingerprint density at radius 2 is 2.24 bits per heavy atom. The average Bonchev–Trinajstić information content (AvgIpc) is 2.23. The van der Waals surface area contributed by atoms with Crippen LogP contribution in [0.5, 0.6) is 0 Å². The minimum Gasteiger partial charge on any atom is -0.481 e. The van der Waals surface area contributed by atoms with E-state index in [-0.39, 0.29) is 18.7 Å². The summed E-state index contributed by atoms with van der Waals surface area (Å²) in [4.78, 5) is 20.0. The topological polar surface area (TPSA) is 92.5 Å². The molecule has 92 valence electrons. The number of hydrogen-bond acceptors (Lipinski definition) is 4. The van der Waals surface area contributed by atoms with Gasteiger partial charge in [0.2, 0.25) is 5.82 Å². The Morgan fingerprint density at radius 3 is 2.82 bits per heavy atom. The van der Waals surface area contributed by atoms with Gasteiger partial charge in [0.25, 0.3) is 0 Å². The van der Waals surface area contributed by atoms with Crippen molar-refractivity contribution in [2.45, 2.75) is 12.8 Å². The fraction of sp³-hybridized carbons (Fsp3) is 0.300. The van der Waals surface area contributed by atoms with E-state index in [1.807, 2.05) is 0 Å². The van der Waals surface area contributed by atoms with Crippen LogP contribution in [0.1, 0.15) is 12.8 Å². The summed E-state index contributed by atoms with van der Waals surface area (Å²) in [6, 6.07) is 3.73. The summed E-state index contributed by atoms with van der Waals surface area (Å²) in [6.45, 7) is 0.233. The molecule has 0 unspecified atom stereocenters. The average molecular weight is 242 g/mol. The number of carboxylic acid groups (broad SMARTS) is 1. The van der Waals surface area contributed by atoms with Gasteiger partial charge in [-0.2, -0.15) is 4.39 Å². The summed E-state index contributed by atoms with van der Waals surface area (Å²) in [5.41, 5.74) is -0.566. The number of rotatable bonds is 6. The van der Waals surface area contributed by atoms with Crippen molar-refractivity contribution in [2.24, 2.45) is 0 Å². The second-order valence-corrected chi connectivity index (χ2v) is 3.32. The van der Waals surface area contributed by atoms with Gasteiger partial charge in [0.1, 0.15) is 5.69 Å². The molecular formula is C10H11FN2O4. The maximum absolute atomic E-state index is 13.2. The molecule has 7 heteroatoms. The molecular weight excluding hydrogens is 231 g/mol. The first-order valence-electron chi connectivity index (χ1n) is 4.91. The van der Waals surface area contributed by atoms with Crippen molar-refractivity contribution in [3.05, 3.63) is 34.1 Å². The predicted octanol–water partition coefficient (Wildman–Crippen LogP) is 2.01. The second kappa shape index (κ2) is 5.78. The number of hydrogen-bond donors (Lipinski definition) is 2. The van der Waals surface area contributed by atoms with Crippen LogP contribution in [-0.2, 0) is 4.79 Å². The largest absolute Gasteiger partial charge is 0.481 e. The van der Waals surface area contributed by atoms with E-state index in [2.05, 4.69) is 5.32 Å². The number of nitro groups is 1. The molecule has 6 nitrogen and oxygen atoms in total. The molecule has 0 aromatic heterocycles. The number of nitrogens with one attached hydrogen (secondary N) is 1. The molecule has 0 fully saturated rings. The van der Waals surface area contributed by atoms with Gasteiger partial charge in [0.15, 0.2) is 0 Å². The molecule has 2 N–H and O–H groups in total. The summed E-state index contributed by atoms with van der Waals surface area (Å²) in [5.74, 6) is -1.86. The van der Waals surface area contributed by atoms with Crippen LogP contribution in [0.25, 0.3) is 0 Å². The third-order valence-electron chi connectivity index (χ3n) is 2.05. The fourth-order valence-electron chi connectivity index (χ4n) is 1.31. The minimum atomic E-state index is -0.944. The zero-order valence-corrected chi connectivity index (χ0v) is 8.85. The van der Waals surface area contributed by atoms with Gasteiger partial charge in [-0.25, -0.2) is 0 Å². The molecule has 0 atom stereocenters. The van der Waals surface area contributed by atoms with Crippen molar-refractivity contribution >= 4 is 17.3 Å². The zero-order valence-electron chi connectivity index (χ0n) is 8.85. The number of anilines is 1. The highest BCUT2D eigenvalue weighted by atomic mass is 19.1. The molecule has 0 saturated heterocycles. The molecule has 1 rings (SSSR count). The Balaban J connectivity index is 2.67. The Labute approximate surface area is 96.2 Å². The summed E-state index contributed by atoms with van der Waals surface area (Å²) in [6.07, 6.45) is 0.263. The van der Waals surface area contributed by atoms with E-state index in [4.69, 9.17) is 5.11 Å². The van der Waals surface area contributed by atoms with Crippen LogP contribution < -0.4 is 5.32 Å². The van der Waals surface area contributed by atoms with Crippen LogP contribution in [0, 0.1) is 15.9 Å². The van der Waals surface area contributed by atoms with E-state index in [1.54, 1.807) is 0 Å². The number of aliphatic carboxylic acids is 1. The van der Waals surface area contributed by atoms with Gasteiger partial charge in [-0.15, -0.1) is 0 Å². The Hall–Kier alpha value is -2.18. The number of carbonyl (C=O) groups is 1. The second-order valence-electron chi connectivity index (χ2n) is 3.32. The quantitative estimate of drug-likeness (QED) is 0.452. The lowest BCUT2D eigenvalue weighted by atomic mass is 10.2. The van der Waals surface area contributed by atoms with Gasteiger partial charge >= 0.3 is 11.7 Å². The van der Waals surface area contributed by atoms with E-state index in [0.29, 0.717) is 6.42 Å². The van der Waals surface area contributed by atoms with Crippen molar-refractivity contribution in [2.75, 3.05) is 11.9 Å². The van der Waals surface area contributed by atoms with Crippen LogP contribution in [0.15, 0.2) is 18.2 Å². The molecule has 0 amide bonds. The highest BCUT2D eigenvalue weighted by molar-refractivity contribution is 5.67. The molecule has 0 spiro atoms. The van der Waals surface area contributed by atoms with E-state index in [0.717, 1.165) is 6.07 Å². The standard InChI is InChI=1S/C10H11FN2O4/c11-7-3-1-4-8(10(7)13(16)17)12-6-2-5-9(14)15/h1,3-4,12H,2,5-6H2,(H,14,15). The summed E-state index contributed by atoms with van der Waals surface area (Å²) in [7, 11) is 0. The number of benzene rings is 1. The summed E-state index contributed by atoms with van der Waals surface area (Å²) < 4.78 is 13.2. The first-order valence-corrected chi connectivity index (χ1v) is 4.91. The van der Waals surface area contributed by atoms with Crippen LogP contribution in [0.4, 0.5) is 15.8 Å². The van der Waals surface area contributed by atoms with E-state index in [9.17, 15) is 19.3 Å². The van der Waals surface area contributed by atoms with Crippen LogP contribution in [0.2, 0.25) is 0 Å². The molecule has 1 aromatic carbocycles. The first-order chi connectivity index (χ1) is 8.02. The third kappa shape index (κ3) is 3.71. The molecule has 0 radical (unpaired) electrons. The summed E-state index contributed by atoms with van der Waals surface area (Å²) >= 11 is 0. The maximum Gasteiger partial charge on any atom is 0.327 e. The lowest BCUT2D eigenvalue weighted by Gasteiger charge is -2.06. The molecule has 0 bridgehead atoms. The summed E-state index contributed by atoms with van der Waals surface area (Å²) in [5, 5.41) is 21.7. The Morgan fingerprint density at radius 1 is 1.53 bits per heavy atom. The highest BCUT2D eigenvalue weighted by Crippen LogP contribution is 2.26. The first kappa shape index (κ1) is 12.9. The van der Waals surface area contributed by atoms with Gasteiger partial charge in [-0.05, 0) is 18.6 Å². The zero-order chi connectivity index (χ0) is 12.8. The number of nitro benzene ring substituents is 1. The van der Waals surface area contributed by atoms with Crippen molar-refractivity contribution in [1.29, 1.82) is 0 Å². The molecule has 1 aromatic rings. The van der Waals surface area contributed by atoms with Gasteiger partial charge in [0.05, 0.1) is 4.92 Å². The maximum atomic E-state index is 13.2. The number of para-hydroxylation sites is 1. The molecule has 0 aliphatic rings. The SMILES string of the molecule is O=C(O)CCCNc1cccc(F)c1[N+](=O)[O-]. The lowest BCUT2D eigenvalue weighted by Crippen LogP contribution is -2.07. The van der Waals surface area contributed by atoms with Crippen molar-refractivity contribution in [3.63, 3.8) is 0 Å². The lowest BCUT2D eigenvalue weighted by molar-refractivity contribution is -0.386. The fourth-order valence-corrected chi connectivity index (χ4v) is 1.31. The van der Waals surface area contributed by atoms with Gasteiger partial charge in [0, 0.05) is 13.0 Å². The highest BCUT2D eigenvalue weighted by Gasteiger charge is 2.19. The van der Waals surface area contributed by atoms with Gasteiger partial charge in [-0.1, -0.05) is 6.07 Å². The van der Waals surface area contributed by atoms with Crippen molar-refractivity contribution < 1.29 is 19.2 Å². The third-order valence-corrected chi connectivity index (χ3v) is 2.05. The van der Waals surface area contributed by atoms with E-state index < -0.39 is 22.4 Å². The van der Waals surface area contributed by atoms with Crippen LogP contribution >= 0.6 is 0 Å². The molecule has 0 heterocycles. The normalized spacial score (nSPS) is 9.94. The number of nitrogens with zero attached hydrogens (tertiary/aromatic N) is 1. The number of carboxylic acids is 1. The molecule has 17 heavy (non-hydrogen) atoms. The van der Waals surface area contributed by atoms with Crippen LogP contribution in [-0.4, -0.2) is 22.5 Å². The minimum absolute atomic E-state index is 0.0455. The van der Waals surface area contributed by atoms with Gasteiger partial charge < -0.3 is 10.4 Å². The van der Waals surface area contributed by atoms with E-state index in [1.165, 1.54) is 12.1 Å². The molecule has 0 aliphatic carbocycles. The monoisotopic (exact) mass is 242 g/mol. The van der Waals surface area contributed by atoms with Crippen LogP contribution in [0.3, 0.4) is 0 Å². The predicted molar refractivity (Wildman–Crippen MR) is 58.4 cm³/mol. The van der Waals surface area contributed by atoms with Crippen molar-refractivity contribution in [1.82, 2.24) is 0 Å². The molecule has 0 aliphatic heterocycles. The Bertz CT molecular complexity index is 436. The number of halogens is 1. The van der Waals surface area contributed by atoms with Crippen molar-refractivity contribution in [3.8, 4) is 0 Å². The van der Waals surface area contributed by atoms with E-state index >= 15 is 0 Å². The van der Waals surface area contributed by atoms with Gasteiger partial charge in [-0.3, -0.25) is 14.9 Å².